The smallest absolute Gasteiger partial charge is 0.256 e. The van der Waals surface area contributed by atoms with Crippen molar-refractivity contribution in [1.82, 2.24) is 35.1 Å². The summed E-state index contributed by atoms with van der Waals surface area (Å²) in [6, 6.07) is 7.72. The van der Waals surface area contributed by atoms with Crippen molar-refractivity contribution < 1.29 is 4.79 Å². The Morgan fingerprint density at radius 3 is 2.84 bits per heavy atom. The molecule has 156 valence electrons. The van der Waals surface area contributed by atoms with Crippen LogP contribution >= 0.6 is 11.3 Å². The van der Waals surface area contributed by atoms with E-state index >= 15 is 0 Å². The topological polar surface area (TPSA) is 92.9 Å². The lowest BCUT2D eigenvalue weighted by molar-refractivity contribution is 0.0678. The highest BCUT2D eigenvalue weighted by atomic mass is 32.1. The molecule has 10 heteroatoms. The van der Waals surface area contributed by atoms with Gasteiger partial charge in [-0.3, -0.25) is 4.79 Å². The summed E-state index contributed by atoms with van der Waals surface area (Å²) in [5, 5.41) is 17.0. The lowest BCUT2D eigenvalue weighted by Gasteiger charge is -2.38. The van der Waals surface area contributed by atoms with Crippen LogP contribution in [-0.4, -0.2) is 66.7 Å². The van der Waals surface area contributed by atoms with Gasteiger partial charge in [0.1, 0.15) is 5.52 Å². The molecule has 0 aliphatic carbocycles. The Bertz CT molecular complexity index is 1240. The SMILES string of the molecule is O=C(c1ccccc1-n1nccn1)N1CC[C@H]2CCN(c3nncc4scnc34)[C@H]2C1. The number of para-hydroxylation sites is 1. The Kier molecular flexibility index (Phi) is 4.37. The first-order chi connectivity index (χ1) is 15.3. The van der Waals surface area contributed by atoms with Crippen LogP contribution in [0.15, 0.2) is 48.4 Å². The van der Waals surface area contributed by atoms with E-state index in [1.165, 1.54) is 4.80 Å². The van der Waals surface area contributed by atoms with Crippen LogP contribution in [0.25, 0.3) is 15.9 Å². The van der Waals surface area contributed by atoms with Crippen LogP contribution in [0.4, 0.5) is 5.82 Å². The lowest BCUT2D eigenvalue weighted by Crippen LogP contribution is -2.50. The van der Waals surface area contributed by atoms with Crippen LogP contribution in [0.2, 0.25) is 0 Å². The monoisotopic (exact) mass is 432 g/mol. The number of amides is 1. The van der Waals surface area contributed by atoms with Gasteiger partial charge in [0.15, 0.2) is 5.82 Å². The second-order valence-corrected chi connectivity index (χ2v) is 8.80. The van der Waals surface area contributed by atoms with Crippen LogP contribution in [0.5, 0.6) is 0 Å². The minimum Gasteiger partial charge on any atom is -0.348 e. The van der Waals surface area contributed by atoms with Crippen molar-refractivity contribution in [3.63, 3.8) is 0 Å². The molecule has 31 heavy (non-hydrogen) atoms. The predicted molar refractivity (Wildman–Crippen MR) is 116 cm³/mol. The minimum atomic E-state index is 0.0103. The Morgan fingerprint density at radius 2 is 1.94 bits per heavy atom. The summed E-state index contributed by atoms with van der Waals surface area (Å²) in [4.78, 5) is 23.8. The van der Waals surface area contributed by atoms with Crippen LogP contribution in [-0.2, 0) is 0 Å². The summed E-state index contributed by atoms with van der Waals surface area (Å²) >= 11 is 1.57. The third-order valence-electron chi connectivity index (χ3n) is 6.32. The summed E-state index contributed by atoms with van der Waals surface area (Å²) in [7, 11) is 0. The van der Waals surface area contributed by atoms with Gasteiger partial charge in [0.25, 0.3) is 5.91 Å². The Labute approximate surface area is 182 Å². The Morgan fingerprint density at radius 1 is 1.10 bits per heavy atom. The molecular formula is C21H20N8OS. The standard InChI is InChI=1S/C21H20N8OS/c30-21(15-3-1-2-4-16(15)29-24-7-8-25-29)27-9-5-14-6-10-28(17(14)12-27)20-19-18(11-23-26-20)31-13-22-19/h1-4,7-8,11,13-14,17H,5-6,9-10,12H2/t14-,17-/m0/s1. The van der Waals surface area contributed by atoms with Crippen LogP contribution in [0.3, 0.4) is 0 Å². The van der Waals surface area contributed by atoms with Gasteiger partial charge >= 0.3 is 0 Å². The van der Waals surface area contributed by atoms with Crippen molar-refractivity contribution in [1.29, 1.82) is 0 Å². The van der Waals surface area contributed by atoms with Crippen molar-refractivity contribution in [2.45, 2.75) is 18.9 Å². The van der Waals surface area contributed by atoms with Gasteiger partial charge in [-0.15, -0.1) is 16.4 Å². The molecule has 0 N–H and O–H groups in total. The van der Waals surface area contributed by atoms with Gasteiger partial charge in [0.2, 0.25) is 0 Å². The van der Waals surface area contributed by atoms with Crippen molar-refractivity contribution in [2.75, 3.05) is 24.5 Å². The van der Waals surface area contributed by atoms with E-state index in [4.69, 9.17) is 0 Å². The first kappa shape index (κ1) is 18.4. The van der Waals surface area contributed by atoms with Gasteiger partial charge in [0, 0.05) is 19.6 Å². The molecule has 2 fully saturated rings. The summed E-state index contributed by atoms with van der Waals surface area (Å²) in [6.45, 7) is 2.32. The molecule has 2 aliphatic rings. The molecule has 0 bridgehead atoms. The summed E-state index contributed by atoms with van der Waals surface area (Å²) < 4.78 is 1.04. The first-order valence-electron chi connectivity index (χ1n) is 10.4. The molecule has 2 saturated heterocycles. The molecule has 0 spiro atoms. The zero-order chi connectivity index (χ0) is 20.8. The molecule has 1 amide bonds. The number of benzene rings is 1. The fraction of sp³-hybridized carbons (Fsp3) is 0.333. The molecule has 4 aromatic rings. The largest absolute Gasteiger partial charge is 0.348 e. The maximum absolute atomic E-state index is 13.5. The van der Waals surface area contributed by atoms with E-state index in [1.807, 2.05) is 34.7 Å². The number of fused-ring (bicyclic) bond motifs is 2. The predicted octanol–water partition coefficient (Wildman–Crippen LogP) is 2.41. The molecular weight excluding hydrogens is 412 g/mol. The third-order valence-corrected chi connectivity index (χ3v) is 7.09. The van der Waals surface area contributed by atoms with E-state index in [2.05, 4.69) is 30.3 Å². The van der Waals surface area contributed by atoms with E-state index < -0.39 is 0 Å². The Hall–Kier alpha value is -3.40. The third kappa shape index (κ3) is 3.05. The van der Waals surface area contributed by atoms with E-state index in [1.54, 1.807) is 29.9 Å². The highest BCUT2D eigenvalue weighted by molar-refractivity contribution is 7.16. The second kappa shape index (κ2) is 7.38. The fourth-order valence-electron chi connectivity index (χ4n) is 4.82. The molecule has 0 radical (unpaired) electrons. The number of rotatable bonds is 3. The molecule has 5 heterocycles. The van der Waals surface area contributed by atoms with Gasteiger partial charge in [-0.1, -0.05) is 12.1 Å². The summed E-state index contributed by atoms with van der Waals surface area (Å²) in [6.07, 6.45) is 7.08. The van der Waals surface area contributed by atoms with E-state index in [0.717, 1.165) is 42.0 Å². The number of nitrogens with zero attached hydrogens (tertiary/aromatic N) is 8. The summed E-state index contributed by atoms with van der Waals surface area (Å²) in [5.74, 6) is 1.39. The quantitative estimate of drug-likeness (QED) is 0.491. The average molecular weight is 433 g/mol. The van der Waals surface area contributed by atoms with E-state index in [-0.39, 0.29) is 11.9 Å². The van der Waals surface area contributed by atoms with Crippen molar-refractivity contribution in [3.05, 3.63) is 53.9 Å². The fourth-order valence-corrected chi connectivity index (χ4v) is 5.45. The van der Waals surface area contributed by atoms with Crippen molar-refractivity contribution in [2.24, 2.45) is 5.92 Å². The summed E-state index contributed by atoms with van der Waals surface area (Å²) in [5.41, 5.74) is 4.05. The van der Waals surface area contributed by atoms with Crippen LogP contribution in [0.1, 0.15) is 23.2 Å². The number of carbonyl (C=O) groups is 1. The van der Waals surface area contributed by atoms with Gasteiger partial charge in [-0.2, -0.15) is 20.1 Å². The minimum absolute atomic E-state index is 0.0103. The van der Waals surface area contributed by atoms with Gasteiger partial charge in [0.05, 0.1) is 46.1 Å². The Balaban J connectivity index is 1.30. The van der Waals surface area contributed by atoms with E-state index in [9.17, 15) is 4.79 Å². The maximum atomic E-state index is 13.5. The zero-order valence-electron chi connectivity index (χ0n) is 16.7. The highest BCUT2D eigenvalue weighted by Gasteiger charge is 2.41. The van der Waals surface area contributed by atoms with Crippen molar-refractivity contribution >= 4 is 33.3 Å². The first-order valence-corrected chi connectivity index (χ1v) is 11.2. The van der Waals surface area contributed by atoms with E-state index in [0.29, 0.717) is 23.7 Å². The van der Waals surface area contributed by atoms with Gasteiger partial charge in [-0.25, -0.2) is 4.98 Å². The number of aromatic nitrogens is 6. The molecule has 0 unspecified atom stereocenters. The molecule has 0 saturated carbocycles. The number of thiazole rings is 1. The molecule has 3 aromatic heterocycles. The number of piperidine rings is 1. The molecule has 6 rings (SSSR count). The number of hydrogen-bond acceptors (Lipinski definition) is 8. The number of hydrogen-bond donors (Lipinski definition) is 0. The van der Waals surface area contributed by atoms with Crippen LogP contribution < -0.4 is 4.90 Å². The second-order valence-electron chi connectivity index (χ2n) is 7.92. The molecule has 2 atom stereocenters. The number of carbonyl (C=O) groups excluding carboxylic acids is 1. The number of likely N-dealkylation sites (tertiary alicyclic amines) is 1. The maximum Gasteiger partial charge on any atom is 0.256 e. The lowest BCUT2D eigenvalue weighted by atomic mass is 9.91. The molecule has 1 aromatic carbocycles. The number of anilines is 1. The average Bonchev–Trinajstić information content (AvgIpc) is 3.58. The van der Waals surface area contributed by atoms with Crippen LogP contribution in [0, 0.1) is 5.92 Å². The van der Waals surface area contributed by atoms with Gasteiger partial charge < -0.3 is 9.80 Å². The van der Waals surface area contributed by atoms with Crippen molar-refractivity contribution in [3.8, 4) is 5.69 Å². The highest BCUT2D eigenvalue weighted by Crippen LogP contribution is 2.37. The van der Waals surface area contributed by atoms with Gasteiger partial charge in [-0.05, 0) is 30.9 Å². The molecule has 2 aliphatic heterocycles. The zero-order valence-corrected chi connectivity index (χ0v) is 17.5. The molecule has 9 nitrogen and oxygen atoms in total. The normalized spacial score (nSPS) is 20.9.